The van der Waals surface area contributed by atoms with E-state index in [1.807, 2.05) is 11.8 Å². The van der Waals surface area contributed by atoms with Gasteiger partial charge in [0.05, 0.1) is 5.25 Å². The van der Waals surface area contributed by atoms with E-state index in [0.29, 0.717) is 5.91 Å². The van der Waals surface area contributed by atoms with E-state index >= 15 is 0 Å². The maximum absolute atomic E-state index is 11.9. The van der Waals surface area contributed by atoms with Gasteiger partial charge in [-0.3, -0.25) is 4.79 Å². The van der Waals surface area contributed by atoms with Crippen molar-refractivity contribution in [3.8, 4) is 0 Å². The van der Waals surface area contributed by atoms with Crippen molar-refractivity contribution in [2.45, 2.75) is 25.5 Å². The van der Waals surface area contributed by atoms with Gasteiger partial charge in [0, 0.05) is 26.2 Å². The van der Waals surface area contributed by atoms with Gasteiger partial charge in [0.2, 0.25) is 5.91 Å². The molecule has 1 aliphatic heterocycles. The van der Waals surface area contributed by atoms with Gasteiger partial charge in [-0.15, -0.1) is 11.8 Å². The number of piperazine rings is 1. The maximum Gasteiger partial charge on any atom is 0.235 e. The molecule has 0 aromatic heterocycles. The highest BCUT2D eigenvalue weighted by Crippen LogP contribution is 2.14. The SMILES string of the molecule is CCCSC(C)C(=O)N1CCNCC1. The number of nitrogens with zero attached hydrogens (tertiary/aromatic N) is 1. The molecule has 0 aromatic rings. The van der Waals surface area contributed by atoms with Crippen LogP contribution in [0.25, 0.3) is 0 Å². The zero-order chi connectivity index (χ0) is 10.4. The third kappa shape index (κ3) is 3.50. The molecule has 0 saturated carbocycles. The van der Waals surface area contributed by atoms with E-state index in [2.05, 4.69) is 12.2 Å². The molecule has 0 aromatic carbocycles. The topological polar surface area (TPSA) is 32.3 Å². The van der Waals surface area contributed by atoms with Crippen molar-refractivity contribution in [2.24, 2.45) is 0 Å². The van der Waals surface area contributed by atoms with Crippen LogP contribution in [0, 0.1) is 0 Å². The lowest BCUT2D eigenvalue weighted by molar-refractivity contribution is -0.130. The summed E-state index contributed by atoms with van der Waals surface area (Å²) >= 11 is 1.77. The Labute approximate surface area is 90.6 Å². The molecule has 1 unspecified atom stereocenters. The maximum atomic E-state index is 11.9. The van der Waals surface area contributed by atoms with Crippen LogP contribution in [0.2, 0.25) is 0 Å². The largest absolute Gasteiger partial charge is 0.339 e. The monoisotopic (exact) mass is 216 g/mol. The molecule has 0 radical (unpaired) electrons. The Morgan fingerprint density at radius 1 is 1.50 bits per heavy atom. The fraction of sp³-hybridized carbons (Fsp3) is 0.900. The highest BCUT2D eigenvalue weighted by Gasteiger charge is 2.21. The number of hydrogen-bond donors (Lipinski definition) is 1. The van der Waals surface area contributed by atoms with Crippen LogP contribution in [0.3, 0.4) is 0 Å². The number of amides is 1. The molecule has 0 spiro atoms. The highest BCUT2D eigenvalue weighted by atomic mass is 32.2. The lowest BCUT2D eigenvalue weighted by atomic mass is 10.3. The first kappa shape index (κ1) is 11.9. The van der Waals surface area contributed by atoms with Crippen LogP contribution in [0.15, 0.2) is 0 Å². The molecular formula is C10H20N2OS. The van der Waals surface area contributed by atoms with Crippen molar-refractivity contribution < 1.29 is 4.79 Å². The van der Waals surface area contributed by atoms with Crippen LogP contribution in [0.5, 0.6) is 0 Å². The molecule has 1 rings (SSSR count). The Bertz CT molecular complexity index is 181. The number of carbonyl (C=O) groups excluding carboxylic acids is 1. The smallest absolute Gasteiger partial charge is 0.235 e. The molecule has 1 saturated heterocycles. The molecule has 4 heteroatoms. The summed E-state index contributed by atoms with van der Waals surface area (Å²) in [4.78, 5) is 13.9. The Kier molecular flexibility index (Phi) is 5.33. The third-order valence-corrected chi connectivity index (χ3v) is 3.69. The standard InChI is InChI=1S/C10H20N2OS/c1-3-8-14-9(2)10(13)12-6-4-11-5-7-12/h9,11H,3-8H2,1-2H3. The van der Waals surface area contributed by atoms with Gasteiger partial charge in [0.25, 0.3) is 0 Å². The summed E-state index contributed by atoms with van der Waals surface area (Å²) in [6, 6.07) is 0. The Balaban J connectivity index is 2.30. The van der Waals surface area contributed by atoms with E-state index in [1.54, 1.807) is 11.8 Å². The van der Waals surface area contributed by atoms with E-state index in [-0.39, 0.29) is 5.25 Å². The number of carbonyl (C=O) groups is 1. The van der Waals surface area contributed by atoms with Crippen molar-refractivity contribution >= 4 is 17.7 Å². The molecular weight excluding hydrogens is 196 g/mol. The van der Waals surface area contributed by atoms with Crippen molar-refractivity contribution in [1.82, 2.24) is 10.2 Å². The second kappa shape index (κ2) is 6.30. The fourth-order valence-electron chi connectivity index (χ4n) is 1.51. The van der Waals surface area contributed by atoms with Gasteiger partial charge in [-0.05, 0) is 19.1 Å². The van der Waals surface area contributed by atoms with E-state index in [1.165, 1.54) is 0 Å². The molecule has 3 nitrogen and oxygen atoms in total. The molecule has 1 fully saturated rings. The van der Waals surface area contributed by atoms with Gasteiger partial charge < -0.3 is 10.2 Å². The summed E-state index contributed by atoms with van der Waals surface area (Å²) in [5.41, 5.74) is 0. The van der Waals surface area contributed by atoms with E-state index in [0.717, 1.165) is 38.4 Å². The first-order valence-electron chi connectivity index (χ1n) is 5.36. The molecule has 1 heterocycles. The molecule has 0 aliphatic carbocycles. The minimum absolute atomic E-state index is 0.132. The second-order valence-corrected chi connectivity index (χ2v) is 5.04. The molecule has 1 amide bonds. The van der Waals surface area contributed by atoms with Gasteiger partial charge in [-0.2, -0.15) is 0 Å². The second-order valence-electron chi connectivity index (χ2n) is 3.59. The summed E-state index contributed by atoms with van der Waals surface area (Å²) in [5, 5.41) is 3.38. The van der Waals surface area contributed by atoms with E-state index in [4.69, 9.17) is 0 Å². The van der Waals surface area contributed by atoms with Gasteiger partial charge in [0.1, 0.15) is 0 Å². The van der Waals surface area contributed by atoms with Gasteiger partial charge in [0.15, 0.2) is 0 Å². The lowest BCUT2D eigenvalue weighted by Gasteiger charge is -2.29. The van der Waals surface area contributed by atoms with E-state index < -0.39 is 0 Å². The molecule has 0 bridgehead atoms. The number of nitrogens with one attached hydrogen (secondary N) is 1. The Morgan fingerprint density at radius 3 is 2.71 bits per heavy atom. The van der Waals surface area contributed by atoms with Crippen molar-refractivity contribution in [3.05, 3.63) is 0 Å². The highest BCUT2D eigenvalue weighted by molar-refractivity contribution is 8.00. The first-order chi connectivity index (χ1) is 6.75. The normalized spacial score (nSPS) is 19.4. The third-order valence-electron chi connectivity index (χ3n) is 2.35. The Hall–Kier alpha value is -0.220. The van der Waals surface area contributed by atoms with Crippen molar-refractivity contribution in [1.29, 1.82) is 0 Å². The zero-order valence-corrected chi connectivity index (χ0v) is 9.90. The predicted octanol–water partition coefficient (Wildman–Crippen LogP) is 0.950. The summed E-state index contributed by atoms with van der Waals surface area (Å²) in [6.45, 7) is 7.79. The lowest BCUT2D eigenvalue weighted by Crippen LogP contribution is -2.48. The number of hydrogen-bond acceptors (Lipinski definition) is 3. The number of thioether (sulfide) groups is 1. The van der Waals surface area contributed by atoms with Gasteiger partial charge >= 0.3 is 0 Å². The molecule has 1 N–H and O–H groups in total. The summed E-state index contributed by atoms with van der Waals surface area (Å²) in [6.07, 6.45) is 1.14. The Morgan fingerprint density at radius 2 is 2.14 bits per heavy atom. The molecule has 82 valence electrons. The average Bonchev–Trinajstić information content (AvgIpc) is 2.26. The average molecular weight is 216 g/mol. The van der Waals surface area contributed by atoms with Crippen LogP contribution in [0.1, 0.15) is 20.3 Å². The summed E-state index contributed by atoms with van der Waals surface area (Å²) < 4.78 is 0. The van der Waals surface area contributed by atoms with Crippen LogP contribution in [-0.4, -0.2) is 48.0 Å². The minimum Gasteiger partial charge on any atom is -0.339 e. The van der Waals surface area contributed by atoms with Crippen molar-refractivity contribution in [2.75, 3.05) is 31.9 Å². The van der Waals surface area contributed by atoms with E-state index in [9.17, 15) is 4.79 Å². The van der Waals surface area contributed by atoms with Gasteiger partial charge in [-0.25, -0.2) is 0 Å². The quantitative estimate of drug-likeness (QED) is 0.759. The van der Waals surface area contributed by atoms with Crippen LogP contribution in [-0.2, 0) is 4.79 Å². The van der Waals surface area contributed by atoms with Gasteiger partial charge in [-0.1, -0.05) is 6.92 Å². The minimum atomic E-state index is 0.132. The van der Waals surface area contributed by atoms with Crippen LogP contribution >= 0.6 is 11.8 Å². The first-order valence-corrected chi connectivity index (χ1v) is 6.41. The van der Waals surface area contributed by atoms with Crippen LogP contribution in [0.4, 0.5) is 0 Å². The molecule has 1 atom stereocenters. The van der Waals surface area contributed by atoms with Crippen molar-refractivity contribution in [3.63, 3.8) is 0 Å². The summed E-state index contributed by atoms with van der Waals surface area (Å²) in [7, 11) is 0. The molecule has 14 heavy (non-hydrogen) atoms. The zero-order valence-electron chi connectivity index (χ0n) is 9.08. The summed E-state index contributed by atoms with van der Waals surface area (Å²) in [5.74, 6) is 1.39. The predicted molar refractivity (Wildman–Crippen MR) is 61.7 cm³/mol. The molecule has 1 aliphatic rings. The number of rotatable bonds is 4. The van der Waals surface area contributed by atoms with Crippen LogP contribution < -0.4 is 5.32 Å². The fourth-order valence-corrected chi connectivity index (χ4v) is 2.39.